The molecule has 2 aromatic rings. The Morgan fingerprint density at radius 2 is 2.18 bits per heavy atom. The van der Waals surface area contributed by atoms with Crippen LogP contribution in [0.1, 0.15) is 25.2 Å². The number of thioether (sulfide) groups is 1. The van der Waals surface area contributed by atoms with E-state index in [1.165, 1.54) is 16.3 Å². The summed E-state index contributed by atoms with van der Waals surface area (Å²) >= 11 is 1.44. The topological polar surface area (TPSA) is 66.5 Å². The molecule has 0 radical (unpaired) electrons. The van der Waals surface area contributed by atoms with E-state index in [9.17, 15) is 4.79 Å². The number of para-hydroxylation sites is 1. The van der Waals surface area contributed by atoms with E-state index in [1.54, 1.807) is 7.11 Å². The minimum atomic E-state index is -0.979. The summed E-state index contributed by atoms with van der Waals surface area (Å²) < 4.78 is 17.8. The van der Waals surface area contributed by atoms with Gasteiger partial charge in [-0.05, 0) is 25.3 Å². The minimum Gasteiger partial charge on any atom is -0.496 e. The Morgan fingerprint density at radius 3 is 2.91 bits per heavy atom. The van der Waals surface area contributed by atoms with Crippen LogP contribution in [0.2, 0.25) is 0 Å². The van der Waals surface area contributed by atoms with E-state index in [0.29, 0.717) is 18.2 Å². The average molecular weight is 320 g/mol. The van der Waals surface area contributed by atoms with Gasteiger partial charge in [0, 0.05) is 17.9 Å². The van der Waals surface area contributed by atoms with Crippen molar-refractivity contribution in [2.75, 3.05) is 13.7 Å². The highest BCUT2D eigenvalue weighted by molar-refractivity contribution is 8.03. The Balaban J connectivity index is 2.29. The maximum Gasteiger partial charge on any atom is 0.446 e. The van der Waals surface area contributed by atoms with E-state index in [4.69, 9.17) is 14.0 Å². The molecular weight excluding hydrogens is 304 g/mol. The third-order valence-corrected chi connectivity index (χ3v) is 4.77. The van der Waals surface area contributed by atoms with Gasteiger partial charge in [0.05, 0.1) is 7.11 Å². The lowest BCUT2D eigenvalue weighted by atomic mass is 10.1. The first-order chi connectivity index (χ1) is 10.6. The predicted octanol–water partition coefficient (Wildman–Crippen LogP) is 2.65. The summed E-state index contributed by atoms with van der Waals surface area (Å²) in [5.41, 5.74) is 1.53. The van der Waals surface area contributed by atoms with Gasteiger partial charge >= 0.3 is 5.76 Å². The highest BCUT2D eigenvalue weighted by Gasteiger charge is 2.46. The number of nitrogens with zero attached hydrogens (tertiary/aromatic N) is 2. The van der Waals surface area contributed by atoms with Crippen molar-refractivity contribution in [3.8, 4) is 5.75 Å². The first-order valence-electron chi connectivity index (χ1n) is 6.85. The molecule has 0 saturated heterocycles. The lowest BCUT2D eigenvalue weighted by Gasteiger charge is -2.34. The Hall–Kier alpha value is -1.99. The predicted molar refractivity (Wildman–Crippen MR) is 83.7 cm³/mol. The average Bonchev–Trinajstić information content (AvgIpc) is 2.94. The summed E-state index contributed by atoms with van der Waals surface area (Å²) in [4.78, 5) is 11.0. The molecule has 1 aromatic carbocycles. The van der Waals surface area contributed by atoms with Crippen LogP contribution in [0.15, 0.2) is 39.0 Å². The van der Waals surface area contributed by atoms with Crippen LogP contribution in [-0.4, -0.2) is 23.4 Å². The fourth-order valence-electron chi connectivity index (χ4n) is 2.52. The number of rotatable bonds is 4. The maximum absolute atomic E-state index is 11.9. The van der Waals surface area contributed by atoms with Gasteiger partial charge in [0.2, 0.25) is 10.8 Å². The fourth-order valence-corrected chi connectivity index (χ4v) is 3.68. The van der Waals surface area contributed by atoms with Crippen LogP contribution in [-0.2, 0) is 9.67 Å². The Bertz CT molecular complexity index is 780. The lowest BCUT2D eigenvalue weighted by Crippen LogP contribution is -2.35. The van der Waals surface area contributed by atoms with Crippen LogP contribution in [0.5, 0.6) is 5.75 Å². The molecule has 0 saturated carbocycles. The van der Waals surface area contributed by atoms with Crippen molar-refractivity contribution in [1.29, 1.82) is 0 Å². The van der Waals surface area contributed by atoms with E-state index >= 15 is 0 Å². The smallest absolute Gasteiger partial charge is 0.446 e. The van der Waals surface area contributed by atoms with E-state index in [-0.39, 0.29) is 0 Å². The van der Waals surface area contributed by atoms with Crippen molar-refractivity contribution in [3.63, 3.8) is 0 Å². The Morgan fingerprint density at radius 1 is 1.41 bits per heavy atom. The molecule has 2 heterocycles. The van der Waals surface area contributed by atoms with Gasteiger partial charge < -0.3 is 9.47 Å². The standard InChI is InChI=1S/C15H16N2O4S/c1-4-20-15(11-7-5-6-8-12(11)19-3)13-16-21-14(18)17(13)10(2)9-22-15/h5-9H,4H2,1-3H3. The van der Waals surface area contributed by atoms with Crippen LogP contribution in [0.4, 0.5) is 0 Å². The minimum absolute atomic E-state index is 0.411. The van der Waals surface area contributed by atoms with Gasteiger partial charge in [-0.2, -0.15) is 0 Å². The molecule has 1 aliphatic rings. The molecule has 22 heavy (non-hydrogen) atoms. The molecule has 116 valence electrons. The summed E-state index contributed by atoms with van der Waals surface area (Å²) in [6.45, 7) is 4.16. The third kappa shape index (κ3) is 2.08. The van der Waals surface area contributed by atoms with E-state index in [1.807, 2.05) is 43.5 Å². The zero-order valence-electron chi connectivity index (χ0n) is 12.5. The van der Waals surface area contributed by atoms with Crippen LogP contribution in [0.25, 0.3) is 5.70 Å². The normalized spacial score (nSPS) is 20.4. The highest BCUT2D eigenvalue weighted by Crippen LogP contribution is 2.50. The summed E-state index contributed by atoms with van der Waals surface area (Å²) in [6, 6.07) is 7.53. The zero-order valence-corrected chi connectivity index (χ0v) is 13.3. The molecule has 6 nitrogen and oxygen atoms in total. The second kappa shape index (κ2) is 5.66. The number of hydrogen-bond acceptors (Lipinski definition) is 6. The van der Waals surface area contributed by atoms with Crippen LogP contribution in [0, 0.1) is 0 Å². The van der Waals surface area contributed by atoms with Gasteiger partial charge in [-0.15, -0.1) is 0 Å². The Kier molecular flexibility index (Phi) is 3.84. The Labute approximate surface area is 131 Å². The largest absolute Gasteiger partial charge is 0.496 e. The van der Waals surface area contributed by atoms with Crippen molar-refractivity contribution >= 4 is 17.5 Å². The summed E-state index contributed by atoms with van der Waals surface area (Å²) in [5.74, 6) is 0.551. The van der Waals surface area contributed by atoms with Crippen LogP contribution in [0.3, 0.4) is 0 Å². The number of aromatic nitrogens is 2. The third-order valence-electron chi connectivity index (χ3n) is 3.46. The molecule has 0 spiro atoms. The fraction of sp³-hybridized carbons (Fsp3) is 0.333. The highest BCUT2D eigenvalue weighted by atomic mass is 32.2. The summed E-state index contributed by atoms with van der Waals surface area (Å²) in [5, 5.41) is 5.83. The van der Waals surface area contributed by atoms with Crippen molar-refractivity contribution in [2.24, 2.45) is 0 Å². The first kappa shape index (κ1) is 14.9. The van der Waals surface area contributed by atoms with E-state index in [2.05, 4.69) is 5.16 Å². The second-order valence-electron chi connectivity index (χ2n) is 4.73. The number of allylic oxidation sites excluding steroid dienone is 1. The van der Waals surface area contributed by atoms with Crippen LogP contribution >= 0.6 is 11.8 Å². The van der Waals surface area contributed by atoms with Gasteiger partial charge in [0.1, 0.15) is 5.75 Å². The number of hydrogen-bond donors (Lipinski definition) is 0. The molecule has 7 heteroatoms. The van der Waals surface area contributed by atoms with Gasteiger partial charge in [0.15, 0.2) is 0 Å². The van der Waals surface area contributed by atoms with Gasteiger partial charge in [-0.3, -0.25) is 4.52 Å². The van der Waals surface area contributed by atoms with Gasteiger partial charge in [-0.25, -0.2) is 9.36 Å². The van der Waals surface area contributed by atoms with Crippen molar-refractivity contribution < 1.29 is 14.0 Å². The zero-order chi connectivity index (χ0) is 15.7. The molecule has 1 atom stereocenters. The molecule has 0 amide bonds. The quantitative estimate of drug-likeness (QED) is 0.863. The number of fused-ring (bicyclic) bond motifs is 1. The lowest BCUT2D eigenvalue weighted by molar-refractivity contribution is 0.0513. The van der Waals surface area contributed by atoms with Gasteiger partial charge in [0.25, 0.3) is 0 Å². The van der Waals surface area contributed by atoms with Crippen LogP contribution < -0.4 is 10.5 Å². The molecule has 1 unspecified atom stereocenters. The van der Waals surface area contributed by atoms with Gasteiger partial charge in [-0.1, -0.05) is 35.1 Å². The maximum atomic E-state index is 11.9. The summed E-state index contributed by atoms with van der Waals surface area (Å²) in [7, 11) is 1.60. The molecular formula is C15H16N2O4S. The number of methoxy groups -OCH3 is 1. The molecule has 0 bridgehead atoms. The molecule has 0 aliphatic carbocycles. The van der Waals surface area contributed by atoms with Crippen molar-refractivity contribution in [2.45, 2.75) is 18.8 Å². The summed E-state index contributed by atoms with van der Waals surface area (Å²) in [6.07, 6.45) is 0. The van der Waals surface area contributed by atoms with E-state index < -0.39 is 10.7 Å². The molecule has 0 N–H and O–H groups in total. The molecule has 3 rings (SSSR count). The second-order valence-corrected chi connectivity index (χ2v) is 5.78. The van der Waals surface area contributed by atoms with Crippen molar-refractivity contribution in [3.05, 3.63) is 51.6 Å². The number of benzene rings is 1. The van der Waals surface area contributed by atoms with Crippen molar-refractivity contribution in [1.82, 2.24) is 9.72 Å². The molecule has 0 fully saturated rings. The monoisotopic (exact) mass is 320 g/mol. The SMILES string of the molecule is CCOC1(c2ccccc2OC)SC=C(C)n2c1noc2=O. The number of ether oxygens (including phenoxy) is 2. The molecule has 1 aliphatic heterocycles. The van der Waals surface area contributed by atoms with E-state index in [0.717, 1.165) is 11.3 Å². The molecule has 1 aromatic heterocycles. The first-order valence-corrected chi connectivity index (χ1v) is 7.73.